The molecule has 0 spiro atoms. The Labute approximate surface area is 255 Å². The van der Waals surface area contributed by atoms with Crippen LogP contribution in [0.25, 0.3) is 10.4 Å². The summed E-state index contributed by atoms with van der Waals surface area (Å²) in [6, 6.07) is -0.720. The molecule has 0 rings (SSSR count). The highest BCUT2D eigenvalue weighted by molar-refractivity contribution is 7.48. The quantitative estimate of drug-likeness (QED) is 0.0140. The van der Waals surface area contributed by atoms with Crippen molar-refractivity contribution in [2.24, 2.45) is 5.11 Å². The highest BCUT2D eigenvalue weighted by atomic mass is 31.2. The van der Waals surface area contributed by atoms with E-state index in [-0.39, 0.29) is 38.5 Å². The Hall–Kier alpha value is -1.41. The fourth-order valence-corrected chi connectivity index (χ4v) is 5.59. The summed E-state index contributed by atoms with van der Waals surface area (Å²) in [7, 11) is -3.81. The molecule has 0 amide bonds. The molecule has 0 saturated heterocycles. The van der Waals surface area contributed by atoms with Crippen LogP contribution >= 0.6 is 7.82 Å². The van der Waals surface area contributed by atoms with Crippen LogP contribution in [0.4, 0.5) is 0 Å². The lowest BCUT2D eigenvalue weighted by Crippen LogP contribution is -2.23. The van der Waals surface area contributed by atoms with E-state index < -0.39 is 13.9 Å². The first-order valence-corrected chi connectivity index (χ1v) is 17.9. The Kier molecular flexibility index (Phi) is 28.7. The van der Waals surface area contributed by atoms with E-state index in [1.807, 2.05) is 6.92 Å². The Morgan fingerprint density at radius 2 is 1.43 bits per heavy atom. The Balaban J connectivity index is 4.62. The maximum atomic E-state index is 12.8. The maximum Gasteiger partial charge on any atom is 0.475 e. The molecule has 246 valence electrons. The SMILES string of the molecule is C=CCOP(=O)(OCCC)OCC(COCCC(CCCCCCC)OC(=O)CCCCCCCCCCC)N=[N+]=[N-]. The minimum absolute atomic E-state index is 0.00134. The van der Waals surface area contributed by atoms with Crippen LogP contribution in [0.15, 0.2) is 17.8 Å². The minimum atomic E-state index is -3.81. The number of rotatable bonds is 32. The molecular formula is C31H60N3O7P. The van der Waals surface area contributed by atoms with Crippen molar-refractivity contribution in [3.05, 3.63) is 23.1 Å². The monoisotopic (exact) mass is 617 g/mol. The molecule has 0 aromatic rings. The number of unbranched alkanes of at least 4 members (excludes halogenated alkanes) is 12. The second-order valence-electron chi connectivity index (χ2n) is 10.8. The van der Waals surface area contributed by atoms with Gasteiger partial charge in [0.2, 0.25) is 0 Å². The van der Waals surface area contributed by atoms with E-state index in [0.717, 1.165) is 32.1 Å². The lowest BCUT2D eigenvalue weighted by atomic mass is 10.1. The molecule has 0 fully saturated rings. The predicted molar refractivity (Wildman–Crippen MR) is 169 cm³/mol. The van der Waals surface area contributed by atoms with Gasteiger partial charge < -0.3 is 9.47 Å². The van der Waals surface area contributed by atoms with Crippen LogP contribution < -0.4 is 0 Å². The van der Waals surface area contributed by atoms with Gasteiger partial charge in [0.1, 0.15) is 6.10 Å². The van der Waals surface area contributed by atoms with Crippen molar-refractivity contribution in [2.75, 3.05) is 33.0 Å². The number of nitrogens with zero attached hydrogens (tertiary/aromatic N) is 3. The van der Waals surface area contributed by atoms with Gasteiger partial charge in [0, 0.05) is 17.8 Å². The van der Waals surface area contributed by atoms with Gasteiger partial charge >= 0.3 is 13.8 Å². The summed E-state index contributed by atoms with van der Waals surface area (Å²) in [5.41, 5.74) is 8.96. The van der Waals surface area contributed by atoms with E-state index >= 15 is 0 Å². The molecule has 0 radical (unpaired) electrons. The number of hydrogen-bond acceptors (Lipinski definition) is 8. The van der Waals surface area contributed by atoms with E-state index in [4.69, 9.17) is 28.6 Å². The average Bonchev–Trinajstić information content (AvgIpc) is 2.98. The first kappa shape index (κ1) is 40.6. The van der Waals surface area contributed by atoms with Crippen LogP contribution in [0, 0.1) is 0 Å². The lowest BCUT2D eigenvalue weighted by Gasteiger charge is -2.20. The standard InChI is InChI=1S/C31H60N3O7P/c1-5-9-11-13-14-15-16-18-20-22-31(35)41-30(21-19-17-12-10-6-2)23-26-37-27-29(33-34-32)28-40-42(36,38-24-7-3)39-25-8-4/h7,29-30H,3,5-6,8-28H2,1-2,4H3. The number of azide groups is 1. The molecule has 0 aliphatic heterocycles. The van der Waals surface area contributed by atoms with Crippen molar-refractivity contribution in [1.82, 2.24) is 0 Å². The number of hydrogen-bond donors (Lipinski definition) is 0. The van der Waals surface area contributed by atoms with Crippen LogP contribution in [-0.2, 0) is 32.4 Å². The van der Waals surface area contributed by atoms with Crippen LogP contribution in [0.1, 0.15) is 136 Å². The van der Waals surface area contributed by atoms with Crippen LogP contribution in [0.2, 0.25) is 0 Å². The number of carbonyl (C=O) groups excluding carboxylic acids is 1. The van der Waals surface area contributed by atoms with Crippen molar-refractivity contribution in [2.45, 2.75) is 148 Å². The third-order valence-electron chi connectivity index (χ3n) is 6.75. The summed E-state index contributed by atoms with van der Waals surface area (Å²) in [5, 5.41) is 3.70. The number of ether oxygens (including phenoxy) is 2. The Morgan fingerprint density at radius 3 is 2.02 bits per heavy atom. The molecule has 11 heteroatoms. The van der Waals surface area contributed by atoms with Crippen LogP contribution in [-0.4, -0.2) is 51.1 Å². The first-order chi connectivity index (χ1) is 20.4. The molecule has 42 heavy (non-hydrogen) atoms. The van der Waals surface area contributed by atoms with Crippen molar-refractivity contribution in [1.29, 1.82) is 0 Å². The fourth-order valence-electron chi connectivity index (χ4n) is 4.32. The van der Waals surface area contributed by atoms with E-state index in [1.165, 1.54) is 70.3 Å². The largest absolute Gasteiger partial charge is 0.475 e. The van der Waals surface area contributed by atoms with E-state index in [0.29, 0.717) is 25.9 Å². The van der Waals surface area contributed by atoms with Gasteiger partial charge in [-0.3, -0.25) is 18.4 Å². The van der Waals surface area contributed by atoms with Crippen molar-refractivity contribution in [3.8, 4) is 0 Å². The van der Waals surface area contributed by atoms with Gasteiger partial charge in [-0.05, 0) is 31.2 Å². The summed E-state index contributed by atoms with van der Waals surface area (Å²) in [6.07, 6.45) is 20.2. The van der Waals surface area contributed by atoms with Gasteiger partial charge in [-0.15, -0.1) is 6.58 Å². The number of carbonyl (C=O) groups is 1. The van der Waals surface area contributed by atoms with Gasteiger partial charge in [-0.2, -0.15) is 0 Å². The van der Waals surface area contributed by atoms with Crippen molar-refractivity contribution >= 4 is 13.8 Å². The predicted octanol–water partition coefficient (Wildman–Crippen LogP) is 10.0. The van der Waals surface area contributed by atoms with Gasteiger partial charge in [-0.25, -0.2) is 4.57 Å². The highest BCUT2D eigenvalue weighted by Gasteiger charge is 2.27. The number of esters is 1. The highest BCUT2D eigenvalue weighted by Crippen LogP contribution is 2.49. The van der Waals surface area contributed by atoms with Gasteiger partial charge in [0.15, 0.2) is 0 Å². The molecule has 3 unspecified atom stereocenters. The molecule has 0 saturated carbocycles. The third-order valence-corrected chi connectivity index (χ3v) is 8.18. The zero-order valence-electron chi connectivity index (χ0n) is 26.8. The third kappa shape index (κ3) is 25.1. The van der Waals surface area contributed by atoms with E-state index in [2.05, 4.69) is 30.5 Å². The molecule has 0 aromatic heterocycles. The molecule has 10 nitrogen and oxygen atoms in total. The zero-order valence-corrected chi connectivity index (χ0v) is 27.7. The summed E-state index contributed by atoms with van der Waals surface area (Å²) in [4.78, 5) is 15.4. The van der Waals surface area contributed by atoms with Gasteiger partial charge in [-0.1, -0.05) is 109 Å². The van der Waals surface area contributed by atoms with Crippen LogP contribution in [0.3, 0.4) is 0 Å². The second-order valence-corrected chi connectivity index (χ2v) is 12.4. The summed E-state index contributed by atoms with van der Waals surface area (Å²) < 4.78 is 40.2. The summed E-state index contributed by atoms with van der Waals surface area (Å²) in [5.74, 6) is -0.140. The molecule has 0 N–H and O–H groups in total. The molecular weight excluding hydrogens is 557 g/mol. The maximum absolute atomic E-state index is 12.8. The topological polar surface area (TPSA) is 129 Å². The fraction of sp³-hybridized carbons (Fsp3) is 0.903. The molecule has 0 aromatic carbocycles. The Morgan fingerprint density at radius 1 is 0.810 bits per heavy atom. The molecule has 0 heterocycles. The number of phosphoric ester groups is 1. The van der Waals surface area contributed by atoms with Crippen molar-refractivity contribution in [3.63, 3.8) is 0 Å². The van der Waals surface area contributed by atoms with Crippen molar-refractivity contribution < 1.29 is 32.4 Å². The van der Waals surface area contributed by atoms with Gasteiger partial charge in [0.25, 0.3) is 0 Å². The zero-order chi connectivity index (χ0) is 31.2. The molecule has 0 bridgehead atoms. The molecule has 0 aliphatic rings. The van der Waals surface area contributed by atoms with Gasteiger partial charge in [0.05, 0.1) is 39.1 Å². The lowest BCUT2D eigenvalue weighted by molar-refractivity contribution is -0.150. The summed E-state index contributed by atoms with van der Waals surface area (Å²) >= 11 is 0. The molecule has 3 atom stereocenters. The smallest absolute Gasteiger partial charge is 0.462 e. The number of phosphoric acid groups is 1. The Bertz CT molecular complexity index is 750. The minimum Gasteiger partial charge on any atom is -0.462 e. The second kappa shape index (κ2) is 29.7. The summed E-state index contributed by atoms with van der Waals surface area (Å²) in [6.45, 7) is 10.3. The first-order valence-electron chi connectivity index (χ1n) is 16.4. The van der Waals surface area contributed by atoms with E-state index in [1.54, 1.807) is 0 Å². The normalized spacial score (nSPS) is 14.1. The van der Waals surface area contributed by atoms with Crippen LogP contribution in [0.5, 0.6) is 0 Å². The average molecular weight is 618 g/mol. The molecule has 0 aliphatic carbocycles. The van der Waals surface area contributed by atoms with E-state index in [9.17, 15) is 9.36 Å².